The molecule has 2 nitrogen and oxygen atoms in total. The third-order valence-electron chi connectivity index (χ3n) is 4.91. The molecule has 3 aromatic rings. The first kappa shape index (κ1) is 15.5. The van der Waals surface area contributed by atoms with Gasteiger partial charge < -0.3 is 5.11 Å². The van der Waals surface area contributed by atoms with Gasteiger partial charge in [-0.3, -0.25) is 4.90 Å². The Labute approximate surface area is 147 Å². The summed E-state index contributed by atoms with van der Waals surface area (Å²) < 4.78 is 0. The Hall–Kier alpha value is -2.03. The molecule has 1 aliphatic rings. The van der Waals surface area contributed by atoms with Gasteiger partial charge in [-0.25, -0.2) is 0 Å². The fourth-order valence-corrected chi connectivity index (χ4v) is 3.90. The minimum Gasteiger partial charge on any atom is -0.508 e. The molecular weight excluding hydrogens is 318 g/mol. The lowest BCUT2D eigenvalue weighted by Gasteiger charge is -2.30. The molecule has 1 aliphatic heterocycles. The van der Waals surface area contributed by atoms with Crippen molar-refractivity contribution in [2.75, 3.05) is 13.1 Å². The van der Waals surface area contributed by atoms with Gasteiger partial charge in [0, 0.05) is 10.6 Å². The molecule has 0 radical (unpaired) electrons. The van der Waals surface area contributed by atoms with Crippen molar-refractivity contribution in [2.45, 2.75) is 18.9 Å². The van der Waals surface area contributed by atoms with E-state index in [1.54, 1.807) is 0 Å². The van der Waals surface area contributed by atoms with Crippen LogP contribution < -0.4 is 0 Å². The number of phenolic OH excluding ortho intramolecular Hbond substituents is 1. The third-order valence-corrected chi connectivity index (χ3v) is 5.16. The molecule has 4 rings (SSSR count). The van der Waals surface area contributed by atoms with Gasteiger partial charge in [0.2, 0.25) is 0 Å². The van der Waals surface area contributed by atoms with Gasteiger partial charge in [-0.15, -0.1) is 0 Å². The van der Waals surface area contributed by atoms with E-state index in [0.717, 1.165) is 34.4 Å². The van der Waals surface area contributed by atoms with E-state index >= 15 is 0 Å². The minimum absolute atomic E-state index is 0.0517. The Kier molecular flexibility index (Phi) is 4.17. The van der Waals surface area contributed by atoms with E-state index in [-0.39, 0.29) is 6.04 Å². The Balaban J connectivity index is 1.93. The van der Waals surface area contributed by atoms with Crippen LogP contribution in [0, 0.1) is 0 Å². The van der Waals surface area contributed by atoms with E-state index in [1.165, 1.54) is 18.4 Å². The number of fused-ring (bicyclic) bond motifs is 1. The summed E-state index contributed by atoms with van der Waals surface area (Å²) in [5, 5.41) is 13.7. The molecule has 24 heavy (non-hydrogen) atoms. The lowest BCUT2D eigenvalue weighted by atomic mass is 9.92. The highest BCUT2D eigenvalue weighted by atomic mass is 35.5. The zero-order chi connectivity index (χ0) is 16.5. The smallest absolute Gasteiger partial charge is 0.121 e. The van der Waals surface area contributed by atoms with Crippen LogP contribution in [0.3, 0.4) is 0 Å². The van der Waals surface area contributed by atoms with Gasteiger partial charge in [-0.1, -0.05) is 54.1 Å². The molecule has 1 unspecified atom stereocenters. The summed E-state index contributed by atoms with van der Waals surface area (Å²) in [6.07, 6.45) is 2.41. The Morgan fingerprint density at radius 3 is 2.33 bits per heavy atom. The Morgan fingerprint density at radius 2 is 1.58 bits per heavy atom. The minimum atomic E-state index is 0.0517. The van der Waals surface area contributed by atoms with Gasteiger partial charge in [-0.2, -0.15) is 0 Å². The number of benzene rings is 3. The number of likely N-dealkylation sites (tertiary alicyclic amines) is 1. The molecule has 0 amide bonds. The lowest BCUT2D eigenvalue weighted by molar-refractivity contribution is 0.277. The van der Waals surface area contributed by atoms with E-state index < -0.39 is 0 Å². The van der Waals surface area contributed by atoms with E-state index in [0.29, 0.717) is 5.75 Å². The fourth-order valence-electron chi connectivity index (χ4n) is 3.78. The van der Waals surface area contributed by atoms with Crippen molar-refractivity contribution in [2.24, 2.45) is 0 Å². The van der Waals surface area contributed by atoms with Gasteiger partial charge in [0.1, 0.15) is 5.75 Å². The fraction of sp³-hybridized carbons (Fsp3) is 0.238. The van der Waals surface area contributed by atoms with Crippen LogP contribution in [0.2, 0.25) is 5.02 Å². The number of phenols is 1. The maximum Gasteiger partial charge on any atom is 0.121 e. The van der Waals surface area contributed by atoms with Crippen molar-refractivity contribution in [3.63, 3.8) is 0 Å². The van der Waals surface area contributed by atoms with Crippen molar-refractivity contribution < 1.29 is 5.11 Å². The predicted molar refractivity (Wildman–Crippen MR) is 99.7 cm³/mol. The molecule has 1 heterocycles. The van der Waals surface area contributed by atoms with Gasteiger partial charge in [0.25, 0.3) is 0 Å². The average molecular weight is 338 g/mol. The van der Waals surface area contributed by atoms with Crippen molar-refractivity contribution in [1.29, 1.82) is 0 Å². The Bertz CT molecular complexity index is 853. The van der Waals surface area contributed by atoms with Crippen molar-refractivity contribution >= 4 is 22.4 Å². The largest absolute Gasteiger partial charge is 0.508 e. The highest BCUT2D eigenvalue weighted by molar-refractivity contribution is 6.30. The van der Waals surface area contributed by atoms with Crippen LogP contribution in [-0.2, 0) is 0 Å². The van der Waals surface area contributed by atoms with E-state index in [2.05, 4.69) is 29.2 Å². The number of hydrogen-bond donors (Lipinski definition) is 1. The quantitative estimate of drug-likeness (QED) is 0.693. The molecule has 1 atom stereocenters. The summed E-state index contributed by atoms with van der Waals surface area (Å²) in [6, 6.07) is 20.1. The van der Waals surface area contributed by atoms with Crippen LogP contribution in [0.1, 0.15) is 30.0 Å². The van der Waals surface area contributed by atoms with E-state index in [4.69, 9.17) is 11.6 Å². The monoisotopic (exact) mass is 337 g/mol. The zero-order valence-electron chi connectivity index (χ0n) is 13.5. The van der Waals surface area contributed by atoms with Gasteiger partial charge >= 0.3 is 0 Å². The maximum atomic E-state index is 10.7. The molecule has 0 aliphatic carbocycles. The van der Waals surface area contributed by atoms with Crippen LogP contribution in [0.5, 0.6) is 5.75 Å². The first-order valence-corrected chi connectivity index (χ1v) is 8.82. The molecule has 122 valence electrons. The van der Waals surface area contributed by atoms with Crippen LogP contribution >= 0.6 is 11.6 Å². The summed E-state index contributed by atoms with van der Waals surface area (Å²) in [4.78, 5) is 2.46. The molecule has 1 fully saturated rings. The third kappa shape index (κ3) is 2.77. The van der Waals surface area contributed by atoms with E-state index in [1.807, 2.05) is 36.4 Å². The van der Waals surface area contributed by atoms with Crippen LogP contribution in [-0.4, -0.2) is 23.1 Å². The molecular formula is C21H20ClNO. The van der Waals surface area contributed by atoms with Crippen LogP contribution in [0.4, 0.5) is 0 Å². The number of rotatable bonds is 3. The molecule has 0 bridgehead atoms. The van der Waals surface area contributed by atoms with Crippen molar-refractivity contribution in [1.82, 2.24) is 4.90 Å². The van der Waals surface area contributed by atoms with E-state index in [9.17, 15) is 5.11 Å². The zero-order valence-corrected chi connectivity index (χ0v) is 14.2. The second kappa shape index (κ2) is 6.46. The highest BCUT2D eigenvalue weighted by Crippen LogP contribution is 2.40. The molecule has 1 saturated heterocycles. The van der Waals surface area contributed by atoms with Crippen LogP contribution in [0.15, 0.2) is 60.7 Å². The topological polar surface area (TPSA) is 23.5 Å². The summed E-state index contributed by atoms with van der Waals surface area (Å²) >= 11 is 6.09. The summed E-state index contributed by atoms with van der Waals surface area (Å²) in [7, 11) is 0. The number of aromatic hydroxyl groups is 1. The van der Waals surface area contributed by atoms with Crippen molar-refractivity contribution in [3.05, 3.63) is 76.8 Å². The normalized spacial score (nSPS) is 16.5. The van der Waals surface area contributed by atoms with Gasteiger partial charge in [-0.05, 0) is 60.5 Å². The molecule has 0 spiro atoms. The number of halogens is 1. The number of hydrogen-bond acceptors (Lipinski definition) is 2. The second-order valence-corrected chi connectivity index (χ2v) is 6.85. The Morgan fingerprint density at radius 1 is 0.875 bits per heavy atom. The van der Waals surface area contributed by atoms with Gasteiger partial charge in [0.15, 0.2) is 0 Å². The summed E-state index contributed by atoms with van der Waals surface area (Å²) in [5.74, 6) is 0.362. The molecule has 0 aromatic heterocycles. The SMILES string of the molecule is Oc1ccc2ccccc2c1C(c1ccc(Cl)cc1)N1CCCC1. The molecule has 3 heteroatoms. The summed E-state index contributed by atoms with van der Waals surface area (Å²) in [5.41, 5.74) is 2.17. The first-order chi connectivity index (χ1) is 11.7. The number of nitrogens with zero attached hydrogens (tertiary/aromatic N) is 1. The lowest BCUT2D eigenvalue weighted by Crippen LogP contribution is -2.26. The average Bonchev–Trinajstić information content (AvgIpc) is 3.13. The standard InChI is InChI=1S/C21H20ClNO/c22-17-10-7-16(8-11-17)21(23-13-3-4-14-23)20-18-6-2-1-5-15(18)9-12-19(20)24/h1-2,5-12,21,24H,3-4,13-14H2. The second-order valence-electron chi connectivity index (χ2n) is 6.42. The first-order valence-electron chi connectivity index (χ1n) is 8.44. The highest BCUT2D eigenvalue weighted by Gasteiger charge is 2.28. The van der Waals surface area contributed by atoms with Gasteiger partial charge in [0.05, 0.1) is 6.04 Å². The van der Waals surface area contributed by atoms with Crippen LogP contribution in [0.25, 0.3) is 10.8 Å². The molecule has 1 N–H and O–H groups in total. The molecule has 3 aromatic carbocycles. The molecule has 0 saturated carbocycles. The summed E-state index contributed by atoms with van der Waals surface area (Å²) in [6.45, 7) is 2.10. The maximum absolute atomic E-state index is 10.7. The predicted octanol–water partition coefficient (Wildman–Crippen LogP) is 5.38. The van der Waals surface area contributed by atoms with Crippen molar-refractivity contribution in [3.8, 4) is 5.75 Å².